The fourth-order valence-corrected chi connectivity index (χ4v) is 12.2. The molecule has 0 aliphatic carbocycles. The summed E-state index contributed by atoms with van der Waals surface area (Å²) in [5.74, 6) is 0. The SMILES string of the molecule is CC(C)(C)c1ccc(N2B3c4oc5ccc(C(C)(C)C)cc5c4N(c4ccc(C(C)(C)C)cc4-c4ccccc4)c4c3c(cc3c4oc4ccccc43)-c3cc4c(cc32)sc2ccccc24)cc1. The van der Waals surface area contributed by atoms with Crippen LogP contribution in [-0.2, 0) is 16.2 Å². The van der Waals surface area contributed by atoms with Crippen molar-refractivity contribution in [2.45, 2.75) is 78.6 Å². The molecule has 0 radical (unpaired) electrons. The zero-order valence-electron chi connectivity index (χ0n) is 40.2. The normalized spacial score (nSPS) is 13.9. The molecule has 0 atom stereocenters. The number of para-hydroxylation sites is 1. The van der Waals surface area contributed by atoms with Crippen LogP contribution in [0.2, 0.25) is 0 Å². The average molecular weight is 901 g/mol. The largest absolute Gasteiger partial charge is 0.466 e. The van der Waals surface area contributed by atoms with Crippen LogP contribution in [0.1, 0.15) is 79.0 Å². The first-order valence-corrected chi connectivity index (χ1v) is 24.8. The van der Waals surface area contributed by atoms with Gasteiger partial charge in [0, 0.05) is 58.8 Å². The molecule has 0 saturated heterocycles. The third kappa shape index (κ3) is 6.05. The summed E-state index contributed by atoms with van der Waals surface area (Å²) in [5, 5.41) is 5.84. The van der Waals surface area contributed by atoms with E-state index in [-0.39, 0.29) is 23.1 Å². The summed E-state index contributed by atoms with van der Waals surface area (Å²) in [4.78, 5) is 5.11. The fourth-order valence-electron chi connectivity index (χ4n) is 11.1. The standard InChI is InChI=1S/C62H53BN2O2S/c1-60(2,3)37-23-27-40(28-24-37)65-50-35-54-45(42-20-14-16-22-53(42)68-54)33-44(50)46-34-47-41-19-13-15-21-51(41)66-58(47)57-55(46)63(65)59-56(48-32-39(62(7,8)9)26-30-52(48)67-59)64(57)49-29-25-38(61(4,5)6)31-43(49)36-17-11-10-12-18-36/h10-35H,1-9H3. The molecule has 0 fully saturated rings. The lowest BCUT2D eigenvalue weighted by atomic mass is 9.45. The van der Waals surface area contributed by atoms with E-state index in [0.717, 1.165) is 78.1 Å². The highest BCUT2D eigenvalue weighted by Gasteiger charge is 2.50. The number of nitrogens with zero attached hydrogens (tertiary/aromatic N) is 2. The van der Waals surface area contributed by atoms with E-state index in [0.29, 0.717) is 0 Å². The summed E-state index contributed by atoms with van der Waals surface area (Å²) < 4.78 is 17.4. The van der Waals surface area contributed by atoms with Crippen LogP contribution in [0.15, 0.2) is 167 Å². The van der Waals surface area contributed by atoms with E-state index in [9.17, 15) is 0 Å². The van der Waals surface area contributed by atoms with E-state index < -0.39 is 0 Å². The van der Waals surface area contributed by atoms with Crippen LogP contribution in [0.5, 0.6) is 0 Å². The van der Waals surface area contributed by atoms with Crippen molar-refractivity contribution in [1.29, 1.82) is 0 Å². The highest BCUT2D eigenvalue weighted by molar-refractivity contribution is 7.25. The van der Waals surface area contributed by atoms with Gasteiger partial charge in [-0.2, -0.15) is 0 Å². The molecule has 8 aromatic carbocycles. The number of anilines is 5. The summed E-state index contributed by atoms with van der Waals surface area (Å²) in [6.45, 7) is 20.3. The molecular formula is C62H53BN2O2S. The van der Waals surface area contributed by atoms with Crippen molar-refractivity contribution in [3.63, 3.8) is 0 Å². The Balaban J connectivity index is 1.24. The first-order chi connectivity index (χ1) is 32.6. The van der Waals surface area contributed by atoms with Crippen LogP contribution in [0.3, 0.4) is 0 Å². The average Bonchev–Trinajstić information content (AvgIpc) is 4.01. The van der Waals surface area contributed by atoms with Crippen LogP contribution in [0.4, 0.5) is 28.4 Å². The number of rotatable bonds is 3. The van der Waals surface area contributed by atoms with Crippen LogP contribution >= 0.6 is 11.3 Å². The Kier molecular flexibility index (Phi) is 8.64. The second-order valence-corrected chi connectivity index (χ2v) is 23.2. The second-order valence-electron chi connectivity index (χ2n) is 22.2. The van der Waals surface area contributed by atoms with Gasteiger partial charge in [-0.1, -0.05) is 153 Å². The summed E-state index contributed by atoms with van der Waals surface area (Å²) >= 11 is 1.87. The number of thiophene rings is 1. The third-order valence-electron chi connectivity index (χ3n) is 14.7. The number of hydrogen-bond acceptors (Lipinski definition) is 5. The van der Waals surface area contributed by atoms with Crippen molar-refractivity contribution in [3.05, 3.63) is 174 Å². The quantitative estimate of drug-likeness (QED) is 0.165. The van der Waals surface area contributed by atoms with Gasteiger partial charge in [0.2, 0.25) is 0 Å². The molecule has 0 unspecified atom stereocenters. The fraction of sp³-hybridized carbons (Fsp3) is 0.194. The lowest BCUT2D eigenvalue weighted by Crippen LogP contribution is -2.61. The highest BCUT2D eigenvalue weighted by atomic mass is 32.1. The summed E-state index contributed by atoms with van der Waals surface area (Å²) in [7, 11) is 0. The number of furan rings is 2. The van der Waals surface area contributed by atoms with Crippen LogP contribution in [0.25, 0.3) is 75.3 Å². The first kappa shape index (κ1) is 41.2. The van der Waals surface area contributed by atoms with Gasteiger partial charge in [-0.3, -0.25) is 0 Å². The first-order valence-electron chi connectivity index (χ1n) is 24.0. The minimum absolute atomic E-state index is 0.00471. The van der Waals surface area contributed by atoms with Crippen molar-refractivity contribution in [1.82, 2.24) is 0 Å². The molecule has 0 N–H and O–H groups in total. The number of fused-ring (bicyclic) bond motifs is 13. The molecule has 0 bridgehead atoms. The Morgan fingerprint density at radius 3 is 1.82 bits per heavy atom. The molecule has 0 spiro atoms. The summed E-state index contributed by atoms with van der Waals surface area (Å²) in [6.07, 6.45) is 0. The lowest BCUT2D eigenvalue weighted by molar-refractivity contribution is 0.590. The topological polar surface area (TPSA) is 32.8 Å². The van der Waals surface area contributed by atoms with Gasteiger partial charge < -0.3 is 18.5 Å². The number of benzene rings is 8. The highest BCUT2D eigenvalue weighted by Crippen LogP contribution is 2.55. The molecule has 0 amide bonds. The molecule has 2 aliphatic rings. The van der Waals surface area contributed by atoms with E-state index in [1.807, 2.05) is 11.3 Å². The Morgan fingerprint density at radius 1 is 0.441 bits per heavy atom. The van der Waals surface area contributed by atoms with Gasteiger partial charge in [-0.25, -0.2) is 0 Å². The Labute approximate surface area is 402 Å². The minimum atomic E-state index is -0.344. The molecular weight excluding hydrogens is 848 g/mol. The number of hydrogen-bond donors (Lipinski definition) is 0. The van der Waals surface area contributed by atoms with E-state index in [1.165, 1.54) is 53.5 Å². The molecule has 4 nitrogen and oxygen atoms in total. The molecule has 13 rings (SSSR count). The second kappa shape index (κ2) is 14.3. The lowest BCUT2D eigenvalue weighted by Gasteiger charge is -2.44. The Hall–Kier alpha value is -7.02. The van der Waals surface area contributed by atoms with Gasteiger partial charge in [0.05, 0.1) is 17.1 Å². The van der Waals surface area contributed by atoms with Gasteiger partial charge in [-0.15, -0.1) is 11.3 Å². The maximum Gasteiger partial charge on any atom is 0.376 e. The molecule has 3 aromatic heterocycles. The van der Waals surface area contributed by atoms with E-state index in [1.54, 1.807) is 0 Å². The van der Waals surface area contributed by atoms with Crippen LogP contribution in [0, 0.1) is 0 Å². The smallest absolute Gasteiger partial charge is 0.376 e. The predicted octanol–water partition coefficient (Wildman–Crippen LogP) is 17.0. The molecule has 11 aromatic rings. The van der Waals surface area contributed by atoms with Gasteiger partial charge in [0.15, 0.2) is 5.58 Å². The van der Waals surface area contributed by atoms with Crippen LogP contribution in [-0.4, -0.2) is 6.85 Å². The third-order valence-corrected chi connectivity index (χ3v) is 15.8. The zero-order valence-corrected chi connectivity index (χ0v) is 41.0. The maximum atomic E-state index is 7.52. The van der Waals surface area contributed by atoms with E-state index in [4.69, 9.17) is 8.83 Å². The molecule has 0 saturated carbocycles. The van der Waals surface area contributed by atoms with E-state index >= 15 is 0 Å². The van der Waals surface area contributed by atoms with Gasteiger partial charge in [-0.05, 0) is 116 Å². The molecule has 5 heterocycles. The minimum Gasteiger partial charge on any atom is -0.466 e. The Bertz CT molecular complexity index is 3870. The molecule has 68 heavy (non-hydrogen) atoms. The van der Waals surface area contributed by atoms with Crippen molar-refractivity contribution in [3.8, 4) is 22.3 Å². The van der Waals surface area contributed by atoms with Crippen LogP contribution < -0.4 is 20.8 Å². The Morgan fingerprint density at radius 2 is 1.07 bits per heavy atom. The van der Waals surface area contributed by atoms with Crippen molar-refractivity contribution in [2.24, 2.45) is 0 Å². The molecule has 2 aliphatic heterocycles. The zero-order chi connectivity index (χ0) is 46.6. The molecule has 332 valence electrons. The van der Waals surface area contributed by atoms with Crippen molar-refractivity contribution in [2.75, 3.05) is 9.71 Å². The molecule has 6 heteroatoms. The van der Waals surface area contributed by atoms with Gasteiger partial charge in [0.1, 0.15) is 16.8 Å². The summed E-state index contributed by atoms with van der Waals surface area (Å²) in [6, 6.07) is 58.9. The van der Waals surface area contributed by atoms with Gasteiger partial charge in [0.25, 0.3) is 0 Å². The van der Waals surface area contributed by atoms with E-state index in [2.05, 4.69) is 230 Å². The van der Waals surface area contributed by atoms with Crippen molar-refractivity contribution >= 4 is 111 Å². The summed E-state index contributed by atoms with van der Waals surface area (Å²) in [5.41, 5.74) is 18.5. The maximum absolute atomic E-state index is 7.52. The predicted molar refractivity (Wildman–Crippen MR) is 292 cm³/mol. The monoisotopic (exact) mass is 900 g/mol. The van der Waals surface area contributed by atoms with Crippen molar-refractivity contribution < 1.29 is 8.83 Å². The van der Waals surface area contributed by atoms with Gasteiger partial charge >= 0.3 is 6.85 Å².